The third-order valence-corrected chi connectivity index (χ3v) is 3.95. The number of nitrogens with zero attached hydrogens (tertiary/aromatic N) is 1. The molecule has 0 unspecified atom stereocenters. The van der Waals surface area contributed by atoms with Crippen LogP contribution < -0.4 is 0 Å². The van der Waals surface area contributed by atoms with Gasteiger partial charge in [0, 0.05) is 22.6 Å². The van der Waals surface area contributed by atoms with Gasteiger partial charge in [-0.05, 0) is 17.5 Å². The van der Waals surface area contributed by atoms with E-state index in [4.69, 9.17) is 9.47 Å². The number of imide groups is 1. The number of ether oxygens (including phenoxy) is 2. The molecule has 6 heteroatoms. The van der Waals surface area contributed by atoms with Gasteiger partial charge in [-0.15, -0.1) is 0 Å². The van der Waals surface area contributed by atoms with E-state index in [1.54, 1.807) is 24.3 Å². The van der Waals surface area contributed by atoms with Crippen LogP contribution in [0.3, 0.4) is 0 Å². The third-order valence-electron chi connectivity index (χ3n) is 3.95. The van der Waals surface area contributed by atoms with Crippen LogP contribution in [0.4, 0.5) is 0 Å². The highest BCUT2D eigenvalue weighted by Crippen LogP contribution is 2.29. The summed E-state index contributed by atoms with van der Waals surface area (Å²) < 4.78 is 10.1. The first-order valence-corrected chi connectivity index (χ1v) is 7.88. The SMILES string of the molecule is C=CC(=O)OCCOCCN1C(=O)c2cccc3cccc(c23)C1=O. The molecule has 0 N–H and O–H groups in total. The number of esters is 1. The molecule has 25 heavy (non-hydrogen) atoms. The minimum absolute atomic E-state index is 0.0921. The molecule has 1 aliphatic heterocycles. The van der Waals surface area contributed by atoms with Crippen molar-refractivity contribution in [3.05, 3.63) is 60.2 Å². The molecule has 128 valence electrons. The number of rotatable bonds is 7. The van der Waals surface area contributed by atoms with E-state index in [1.165, 1.54) is 4.90 Å². The van der Waals surface area contributed by atoms with Gasteiger partial charge in [0.1, 0.15) is 6.61 Å². The summed E-state index contributed by atoms with van der Waals surface area (Å²) in [7, 11) is 0. The van der Waals surface area contributed by atoms with Gasteiger partial charge in [0.25, 0.3) is 11.8 Å². The van der Waals surface area contributed by atoms with Crippen molar-refractivity contribution in [2.75, 3.05) is 26.4 Å². The molecule has 0 saturated heterocycles. The van der Waals surface area contributed by atoms with Crippen LogP contribution in [-0.2, 0) is 14.3 Å². The Bertz CT molecular complexity index is 807. The van der Waals surface area contributed by atoms with Gasteiger partial charge in [0.15, 0.2) is 0 Å². The summed E-state index contributed by atoms with van der Waals surface area (Å²) in [6.07, 6.45) is 1.07. The molecule has 0 fully saturated rings. The highest BCUT2D eigenvalue weighted by atomic mass is 16.6. The fourth-order valence-electron chi connectivity index (χ4n) is 2.80. The third kappa shape index (κ3) is 3.29. The first-order valence-electron chi connectivity index (χ1n) is 7.88. The largest absolute Gasteiger partial charge is 0.460 e. The summed E-state index contributed by atoms with van der Waals surface area (Å²) in [4.78, 5) is 37.3. The topological polar surface area (TPSA) is 72.9 Å². The molecular weight excluding hydrogens is 322 g/mol. The van der Waals surface area contributed by atoms with E-state index in [2.05, 4.69) is 6.58 Å². The van der Waals surface area contributed by atoms with E-state index < -0.39 is 5.97 Å². The van der Waals surface area contributed by atoms with Gasteiger partial charge in [0.05, 0.1) is 19.8 Å². The Morgan fingerprint density at radius 1 is 1.00 bits per heavy atom. The van der Waals surface area contributed by atoms with Crippen LogP contribution >= 0.6 is 0 Å². The van der Waals surface area contributed by atoms with Crippen molar-refractivity contribution >= 4 is 28.6 Å². The maximum absolute atomic E-state index is 12.6. The first-order chi connectivity index (χ1) is 12.1. The van der Waals surface area contributed by atoms with E-state index in [0.29, 0.717) is 16.5 Å². The number of hydrogen-bond donors (Lipinski definition) is 0. The summed E-state index contributed by atoms with van der Waals surface area (Å²) in [6, 6.07) is 10.8. The van der Waals surface area contributed by atoms with Crippen LogP contribution in [0.5, 0.6) is 0 Å². The summed E-state index contributed by atoms with van der Waals surface area (Å²) >= 11 is 0. The summed E-state index contributed by atoms with van der Waals surface area (Å²) in [6.45, 7) is 3.87. The fraction of sp³-hybridized carbons (Fsp3) is 0.211. The Morgan fingerprint density at radius 3 is 2.24 bits per heavy atom. The van der Waals surface area contributed by atoms with Crippen molar-refractivity contribution < 1.29 is 23.9 Å². The quantitative estimate of drug-likeness (QED) is 0.335. The average Bonchev–Trinajstić information content (AvgIpc) is 2.64. The Kier molecular flexibility index (Phi) is 4.90. The monoisotopic (exact) mass is 339 g/mol. The minimum atomic E-state index is -0.519. The second-order valence-corrected chi connectivity index (χ2v) is 5.46. The Labute approximate surface area is 144 Å². The van der Waals surface area contributed by atoms with Gasteiger partial charge in [-0.1, -0.05) is 30.8 Å². The number of carbonyl (C=O) groups is 3. The predicted molar refractivity (Wildman–Crippen MR) is 91.3 cm³/mol. The molecule has 3 rings (SSSR count). The molecule has 0 aromatic heterocycles. The van der Waals surface area contributed by atoms with Crippen molar-refractivity contribution in [3.8, 4) is 0 Å². The van der Waals surface area contributed by atoms with Crippen molar-refractivity contribution in [1.82, 2.24) is 4.90 Å². The number of amides is 2. The van der Waals surface area contributed by atoms with Crippen LogP contribution in [0.25, 0.3) is 10.8 Å². The van der Waals surface area contributed by atoms with Crippen molar-refractivity contribution in [2.24, 2.45) is 0 Å². The molecule has 0 aliphatic carbocycles. The Hall–Kier alpha value is -2.99. The lowest BCUT2D eigenvalue weighted by Gasteiger charge is -2.27. The Morgan fingerprint density at radius 2 is 1.64 bits per heavy atom. The molecule has 0 bridgehead atoms. The highest BCUT2D eigenvalue weighted by molar-refractivity contribution is 6.25. The second kappa shape index (κ2) is 7.27. The Balaban J connectivity index is 1.65. The first kappa shape index (κ1) is 16.9. The molecular formula is C19H17NO5. The molecule has 2 amide bonds. The van der Waals surface area contributed by atoms with Crippen LogP contribution in [0.2, 0.25) is 0 Å². The van der Waals surface area contributed by atoms with Gasteiger partial charge in [-0.2, -0.15) is 0 Å². The molecule has 0 atom stereocenters. The lowest BCUT2D eigenvalue weighted by molar-refractivity contribution is -0.139. The average molecular weight is 339 g/mol. The lowest BCUT2D eigenvalue weighted by Crippen LogP contribution is -2.42. The predicted octanol–water partition coefficient (Wildman–Crippen LogP) is 2.18. The summed E-state index contributed by atoms with van der Waals surface area (Å²) in [5.41, 5.74) is 1.04. The van der Waals surface area contributed by atoms with Crippen molar-refractivity contribution in [3.63, 3.8) is 0 Å². The standard InChI is InChI=1S/C19H17NO5/c1-2-16(21)25-12-11-24-10-9-20-18(22)14-7-3-5-13-6-4-8-15(17(13)14)19(20)23/h2-8H,1,9-12H2. The second-order valence-electron chi connectivity index (χ2n) is 5.46. The van der Waals surface area contributed by atoms with Gasteiger partial charge in [-0.3, -0.25) is 14.5 Å². The minimum Gasteiger partial charge on any atom is -0.460 e. The van der Waals surface area contributed by atoms with E-state index in [0.717, 1.165) is 11.5 Å². The lowest BCUT2D eigenvalue weighted by atomic mass is 9.94. The molecule has 0 radical (unpaired) electrons. The molecule has 1 heterocycles. The zero-order valence-electron chi connectivity index (χ0n) is 13.6. The van der Waals surface area contributed by atoms with Crippen molar-refractivity contribution in [1.29, 1.82) is 0 Å². The molecule has 2 aromatic rings. The highest BCUT2D eigenvalue weighted by Gasteiger charge is 2.32. The normalized spacial score (nSPS) is 13.2. The fourth-order valence-corrected chi connectivity index (χ4v) is 2.80. The van der Waals surface area contributed by atoms with Gasteiger partial charge in [-0.25, -0.2) is 4.79 Å². The maximum atomic E-state index is 12.6. The number of benzene rings is 2. The molecule has 1 aliphatic rings. The van der Waals surface area contributed by atoms with Crippen LogP contribution in [0.15, 0.2) is 49.1 Å². The zero-order valence-corrected chi connectivity index (χ0v) is 13.6. The molecule has 0 spiro atoms. The van der Waals surface area contributed by atoms with Crippen LogP contribution in [0, 0.1) is 0 Å². The zero-order chi connectivity index (χ0) is 17.8. The molecule has 0 saturated carbocycles. The summed E-state index contributed by atoms with van der Waals surface area (Å²) in [5.74, 6) is -1.17. The molecule has 2 aromatic carbocycles. The van der Waals surface area contributed by atoms with E-state index in [-0.39, 0.29) is 38.2 Å². The maximum Gasteiger partial charge on any atom is 0.330 e. The smallest absolute Gasteiger partial charge is 0.330 e. The van der Waals surface area contributed by atoms with Gasteiger partial charge >= 0.3 is 5.97 Å². The van der Waals surface area contributed by atoms with Gasteiger partial charge in [0.2, 0.25) is 0 Å². The van der Waals surface area contributed by atoms with Gasteiger partial charge < -0.3 is 9.47 Å². The summed E-state index contributed by atoms with van der Waals surface area (Å²) in [5, 5.41) is 1.57. The van der Waals surface area contributed by atoms with E-state index in [1.807, 2.05) is 12.1 Å². The number of carbonyl (C=O) groups excluding carboxylic acids is 3. The van der Waals surface area contributed by atoms with Crippen molar-refractivity contribution in [2.45, 2.75) is 0 Å². The van der Waals surface area contributed by atoms with E-state index in [9.17, 15) is 14.4 Å². The van der Waals surface area contributed by atoms with E-state index >= 15 is 0 Å². The van der Waals surface area contributed by atoms with Crippen LogP contribution in [0.1, 0.15) is 20.7 Å². The molecule has 6 nitrogen and oxygen atoms in total. The van der Waals surface area contributed by atoms with Crippen LogP contribution in [-0.4, -0.2) is 49.0 Å². The number of hydrogen-bond acceptors (Lipinski definition) is 5.